The Kier molecular flexibility index (Phi) is 6.24. The second kappa shape index (κ2) is 9.42. The number of amides is 4. The number of fused-ring (bicyclic) bond motifs is 1. The number of nitrogens with zero attached hydrogens (tertiary/aromatic N) is 1. The van der Waals surface area contributed by atoms with E-state index >= 15 is 0 Å². The highest BCUT2D eigenvalue weighted by Crippen LogP contribution is 2.34. The van der Waals surface area contributed by atoms with Gasteiger partial charge >= 0.3 is 6.03 Å². The van der Waals surface area contributed by atoms with E-state index in [4.69, 9.17) is 16.0 Å². The van der Waals surface area contributed by atoms with Crippen LogP contribution in [0.25, 0.3) is 11.0 Å². The van der Waals surface area contributed by atoms with E-state index in [2.05, 4.69) is 10.6 Å². The molecule has 10 heteroatoms. The third-order valence-corrected chi connectivity index (χ3v) is 6.74. The number of halogens is 2. The molecular weight excluding hydrogens is 513 g/mol. The molecule has 1 unspecified atom stereocenters. The molecule has 2 heterocycles. The van der Waals surface area contributed by atoms with E-state index in [1.807, 2.05) is 6.92 Å². The second-order valence-electron chi connectivity index (χ2n) is 9.12. The summed E-state index contributed by atoms with van der Waals surface area (Å²) in [7, 11) is 0. The molecule has 1 aromatic heterocycles. The van der Waals surface area contributed by atoms with Crippen molar-refractivity contribution in [1.29, 1.82) is 0 Å². The maximum Gasteiger partial charge on any atom is 0.325 e. The zero-order chi connectivity index (χ0) is 27.2. The molecule has 5 rings (SSSR count). The normalized spacial score (nSPS) is 17.1. The van der Waals surface area contributed by atoms with Crippen molar-refractivity contribution in [1.82, 2.24) is 10.2 Å². The van der Waals surface area contributed by atoms with Gasteiger partial charge in [-0.1, -0.05) is 59.6 Å². The van der Waals surface area contributed by atoms with E-state index in [1.165, 1.54) is 19.1 Å². The van der Waals surface area contributed by atoms with Crippen molar-refractivity contribution in [3.63, 3.8) is 0 Å². The van der Waals surface area contributed by atoms with E-state index in [9.17, 15) is 23.6 Å². The summed E-state index contributed by atoms with van der Waals surface area (Å²) in [5, 5.41) is 5.47. The van der Waals surface area contributed by atoms with Crippen LogP contribution in [0.1, 0.15) is 34.2 Å². The van der Waals surface area contributed by atoms with Gasteiger partial charge in [-0.25, -0.2) is 9.18 Å². The molecular formula is C28H21ClFN3O5. The highest BCUT2D eigenvalue weighted by molar-refractivity contribution is 6.30. The molecule has 38 heavy (non-hydrogen) atoms. The van der Waals surface area contributed by atoms with Crippen molar-refractivity contribution in [2.24, 2.45) is 0 Å². The average Bonchev–Trinajstić information content (AvgIpc) is 3.36. The van der Waals surface area contributed by atoms with Crippen molar-refractivity contribution >= 4 is 51.9 Å². The van der Waals surface area contributed by atoms with Crippen molar-refractivity contribution in [2.75, 3.05) is 11.9 Å². The lowest BCUT2D eigenvalue weighted by atomic mass is 9.92. The monoisotopic (exact) mass is 533 g/mol. The molecule has 1 fully saturated rings. The van der Waals surface area contributed by atoms with Crippen molar-refractivity contribution in [3.8, 4) is 0 Å². The van der Waals surface area contributed by atoms with Gasteiger partial charge in [0, 0.05) is 10.9 Å². The maximum absolute atomic E-state index is 13.6. The molecule has 4 aromatic rings. The fraction of sp³-hybridized carbons (Fsp3) is 0.143. The van der Waals surface area contributed by atoms with Gasteiger partial charge in [-0.3, -0.25) is 19.3 Å². The Hall–Kier alpha value is -4.50. The summed E-state index contributed by atoms with van der Waals surface area (Å²) < 4.78 is 19.4. The lowest BCUT2D eigenvalue weighted by Crippen LogP contribution is -2.42. The summed E-state index contributed by atoms with van der Waals surface area (Å²) in [6.07, 6.45) is 0. The van der Waals surface area contributed by atoms with Gasteiger partial charge in [0.25, 0.3) is 5.91 Å². The number of hydrogen-bond acceptors (Lipinski definition) is 5. The molecule has 0 saturated carbocycles. The summed E-state index contributed by atoms with van der Waals surface area (Å²) in [4.78, 5) is 53.0. The Balaban J connectivity index is 1.42. The van der Waals surface area contributed by atoms with Crippen LogP contribution in [0.4, 0.5) is 14.9 Å². The first-order valence-corrected chi connectivity index (χ1v) is 12.0. The topological polar surface area (TPSA) is 109 Å². The molecule has 3 aromatic carbocycles. The number of carbonyl (C=O) groups excluding carboxylic acids is 4. The molecule has 2 N–H and O–H groups in total. The van der Waals surface area contributed by atoms with Gasteiger partial charge in [0.05, 0.1) is 10.7 Å². The Bertz CT molecular complexity index is 1630. The number of ketones is 1. The highest BCUT2D eigenvalue weighted by atomic mass is 35.5. The molecule has 8 nitrogen and oxygen atoms in total. The van der Waals surface area contributed by atoms with Crippen molar-refractivity contribution in [3.05, 3.63) is 100 Å². The zero-order valence-electron chi connectivity index (χ0n) is 20.3. The third kappa shape index (κ3) is 4.31. The second-order valence-corrected chi connectivity index (χ2v) is 9.53. The molecule has 1 aliphatic heterocycles. The molecule has 4 amide bonds. The lowest BCUT2D eigenvalue weighted by Gasteiger charge is -2.22. The fourth-order valence-electron chi connectivity index (χ4n) is 4.33. The van der Waals surface area contributed by atoms with Crippen molar-refractivity contribution in [2.45, 2.75) is 19.4 Å². The number of urea groups is 1. The molecule has 192 valence electrons. The number of benzene rings is 3. The summed E-state index contributed by atoms with van der Waals surface area (Å²) >= 11 is 5.87. The van der Waals surface area contributed by atoms with Gasteiger partial charge in [0.2, 0.25) is 11.7 Å². The summed E-state index contributed by atoms with van der Waals surface area (Å²) in [6.45, 7) is 2.70. The number of aryl methyl sites for hydroxylation is 1. The van der Waals surface area contributed by atoms with Gasteiger partial charge in [0.15, 0.2) is 5.76 Å². The molecule has 0 aliphatic carbocycles. The SMILES string of the molecule is Cc1ccc(C(=O)c2oc3ccccc3c2NC(=O)CN2C(=O)NC(C)(c3ccc(F)c(Cl)c3)C2=O)cc1. The smallest absolute Gasteiger partial charge is 0.325 e. The van der Waals surface area contributed by atoms with E-state index in [0.29, 0.717) is 16.5 Å². The quantitative estimate of drug-likeness (QED) is 0.262. The van der Waals surface area contributed by atoms with E-state index < -0.39 is 41.5 Å². The van der Waals surface area contributed by atoms with E-state index in [-0.39, 0.29) is 22.0 Å². The van der Waals surface area contributed by atoms with Crippen LogP contribution in [0, 0.1) is 12.7 Å². The Morgan fingerprint density at radius 3 is 2.50 bits per heavy atom. The first kappa shape index (κ1) is 25.2. The number of rotatable bonds is 6. The van der Waals surface area contributed by atoms with Crippen molar-refractivity contribution < 1.29 is 28.0 Å². The summed E-state index contributed by atoms with van der Waals surface area (Å²) in [5.41, 5.74) is 0.572. The van der Waals surface area contributed by atoms with Crippen LogP contribution < -0.4 is 10.6 Å². The van der Waals surface area contributed by atoms with Gasteiger partial charge in [-0.05, 0) is 43.7 Å². The third-order valence-electron chi connectivity index (χ3n) is 6.45. The molecule has 0 bridgehead atoms. The van der Waals surface area contributed by atoms with Crippen LogP contribution in [-0.4, -0.2) is 35.1 Å². The zero-order valence-corrected chi connectivity index (χ0v) is 21.1. The van der Waals surface area contributed by atoms with Crippen LogP contribution in [0.2, 0.25) is 5.02 Å². The predicted octanol–water partition coefficient (Wildman–Crippen LogP) is 5.17. The molecule has 1 aliphatic rings. The van der Waals surface area contributed by atoms with Crippen LogP contribution in [0.3, 0.4) is 0 Å². The Morgan fingerprint density at radius 1 is 1.08 bits per heavy atom. The maximum atomic E-state index is 13.6. The predicted molar refractivity (Wildman–Crippen MR) is 138 cm³/mol. The number of nitrogens with one attached hydrogen (secondary N) is 2. The Morgan fingerprint density at radius 2 is 1.79 bits per heavy atom. The number of anilines is 1. The molecule has 0 spiro atoms. The van der Waals surface area contributed by atoms with E-state index in [1.54, 1.807) is 48.5 Å². The minimum Gasteiger partial charge on any atom is -0.450 e. The number of hydrogen-bond donors (Lipinski definition) is 2. The number of para-hydroxylation sites is 1. The Labute approximate surface area is 221 Å². The fourth-order valence-corrected chi connectivity index (χ4v) is 4.51. The summed E-state index contributed by atoms with van der Waals surface area (Å²) in [6, 6.07) is 16.6. The van der Waals surface area contributed by atoms with Crippen LogP contribution in [0.15, 0.2) is 71.1 Å². The van der Waals surface area contributed by atoms with Gasteiger partial charge in [-0.2, -0.15) is 0 Å². The first-order chi connectivity index (χ1) is 18.1. The number of furan rings is 1. The van der Waals surface area contributed by atoms with Crippen LogP contribution in [0.5, 0.6) is 0 Å². The lowest BCUT2D eigenvalue weighted by molar-refractivity contribution is -0.133. The molecule has 1 atom stereocenters. The minimum atomic E-state index is -1.55. The van der Waals surface area contributed by atoms with Crippen LogP contribution >= 0.6 is 11.6 Å². The first-order valence-electron chi connectivity index (χ1n) is 11.6. The largest absolute Gasteiger partial charge is 0.450 e. The van der Waals surface area contributed by atoms with Gasteiger partial charge in [-0.15, -0.1) is 0 Å². The van der Waals surface area contributed by atoms with Gasteiger partial charge < -0.3 is 15.1 Å². The minimum absolute atomic E-state index is 0.0774. The molecule has 1 saturated heterocycles. The standard InChI is InChI=1S/C28H21ClFN3O5/c1-15-7-9-16(10-8-15)24(35)25-23(18-5-3-4-6-21(18)38-25)31-22(34)14-33-26(36)28(2,32-27(33)37)17-11-12-20(30)19(29)13-17/h3-13H,14H2,1-2H3,(H,31,34)(H,32,37). The average molecular weight is 534 g/mol. The number of imide groups is 1. The van der Waals surface area contributed by atoms with Crippen LogP contribution in [-0.2, 0) is 15.1 Å². The van der Waals surface area contributed by atoms with E-state index in [0.717, 1.165) is 16.5 Å². The summed E-state index contributed by atoms with van der Waals surface area (Å²) in [5.74, 6) is -2.62. The van der Waals surface area contributed by atoms with Gasteiger partial charge in [0.1, 0.15) is 23.5 Å². The number of carbonyl (C=O) groups is 4. The molecule has 0 radical (unpaired) electrons. The highest BCUT2D eigenvalue weighted by Gasteiger charge is 2.49.